The van der Waals surface area contributed by atoms with E-state index in [1.807, 2.05) is 24.3 Å². The Balaban J connectivity index is 0.000000159. The van der Waals surface area contributed by atoms with Crippen molar-refractivity contribution in [2.24, 2.45) is 11.8 Å². The molecule has 65 heavy (non-hydrogen) atoms. The van der Waals surface area contributed by atoms with Gasteiger partial charge in [-0.2, -0.15) is 4.98 Å². The maximum Gasteiger partial charge on any atom is 0.251 e. The van der Waals surface area contributed by atoms with Crippen LogP contribution in [-0.4, -0.2) is 92.8 Å². The second-order valence-electron chi connectivity index (χ2n) is 19.3. The number of ether oxygens (including phenoxy) is 4. The van der Waals surface area contributed by atoms with Crippen molar-refractivity contribution >= 4 is 23.0 Å². The number of piperidine rings is 2. The van der Waals surface area contributed by atoms with Crippen LogP contribution in [0.3, 0.4) is 0 Å². The van der Waals surface area contributed by atoms with Crippen molar-refractivity contribution in [2.45, 2.75) is 108 Å². The highest BCUT2D eigenvalue weighted by Crippen LogP contribution is 2.47. The molecule has 1 N–H and O–H groups in total. The summed E-state index contributed by atoms with van der Waals surface area (Å²) in [5.41, 5.74) is 6.07. The number of nitrogens with one attached hydrogen (secondary N) is 1. The third kappa shape index (κ3) is 9.87. The Morgan fingerprint density at radius 3 is 1.82 bits per heavy atom. The summed E-state index contributed by atoms with van der Waals surface area (Å²) in [6.45, 7) is 9.60. The number of morpholine rings is 2. The number of hydrogen-bond acceptors (Lipinski definition) is 10. The number of H-pyrrole nitrogens is 1. The first kappa shape index (κ1) is 43.4. The molecule has 6 aliphatic rings. The topological polar surface area (TPSA) is 95.6 Å². The van der Waals surface area contributed by atoms with Gasteiger partial charge in [0.2, 0.25) is 5.88 Å². The molecule has 342 valence electrons. The predicted molar refractivity (Wildman–Crippen MR) is 259 cm³/mol. The lowest BCUT2D eigenvalue weighted by Crippen LogP contribution is -2.44. The van der Waals surface area contributed by atoms with Gasteiger partial charge in [-0.1, -0.05) is 72.8 Å². The van der Waals surface area contributed by atoms with Gasteiger partial charge in [-0.3, -0.25) is 4.79 Å². The number of methoxy groups -OCH3 is 1. The molecule has 6 fully saturated rings. The molecule has 4 saturated heterocycles. The second kappa shape index (κ2) is 19.5. The van der Waals surface area contributed by atoms with Crippen LogP contribution >= 0.6 is 0 Å². The van der Waals surface area contributed by atoms with Crippen LogP contribution < -0.4 is 34.6 Å². The number of fused-ring (bicyclic) bond motifs is 4. The molecule has 3 aromatic carbocycles. The Hall–Kier alpha value is -5.52. The van der Waals surface area contributed by atoms with Gasteiger partial charge in [-0.25, -0.2) is 0 Å². The molecule has 11 nitrogen and oxygen atoms in total. The first-order chi connectivity index (χ1) is 31.8. The van der Waals surface area contributed by atoms with Crippen molar-refractivity contribution < 1.29 is 18.9 Å². The van der Waals surface area contributed by atoms with E-state index in [2.05, 4.69) is 117 Å². The molecule has 2 aromatic heterocycles. The molecule has 8 atom stereocenters. The third-order valence-electron chi connectivity index (χ3n) is 14.9. The van der Waals surface area contributed by atoms with Gasteiger partial charge in [-0.05, 0) is 106 Å². The molecule has 4 bridgehead atoms. The molecule has 6 heterocycles. The molecule has 0 spiro atoms. The van der Waals surface area contributed by atoms with Crippen molar-refractivity contribution in [3.63, 3.8) is 0 Å². The fourth-order valence-electron chi connectivity index (χ4n) is 11.8. The van der Waals surface area contributed by atoms with Crippen LogP contribution in [-0.2, 0) is 28.9 Å². The summed E-state index contributed by atoms with van der Waals surface area (Å²) in [5.74, 6) is 5.03. The molecule has 4 aliphatic heterocycles. The van der Waals surface area contributed by atoms with E-state index in [1.165, 1.54) is 55.3 Å². The monoisotopic (exact) mass is 879 g/mol. The minimum Gasteiger partial charge on any atom is -0.497 e. The zero-order valence-electron chi connectivity index (χ0n) is 38.4. The molecule has 11 rings (SSSR count). The van der Waals surface area contributed by atoms with Crippen molar-refractivity contribution in [1.29, 1.82) is 0 Å². The maximum absolute atomic E-state index is 12.5. The Labute approximate surface area is 384 Å². The molecule has 2 aliphatic carbocycles. The Kier molecular flexibility index (Phi) is 13.0. The summed E-state index contributed by atoms with van der Waals surface area (Å²) in [6.07, 6.45) is 10.1. The van der Waals surface area contributed by atoms with Crippen LogP contribution in [0.25, 0.3) is 0 Å². The largest absolute Gasteiger partial charge is 0.497 e. The summed E-state index contributed by atoms with van der Waals surface area (Å²) in [5, 5.41) is 0. The zero-order valence-corrected chi connectivity index (χ0v) is 38.4. The van der Waals surface area contributed by atoms with Gasteiger partial charge in [0.05, 0.1) is 32.5 Å². The molecular formula is C54H66N6O5. The quantitative estimate of drug-likeness (QED) is 0.131. The van der Waals surface area contributed by atoms with Gasteiger partial charge >= 0.3 is 0 Å². The molecule has 0 unspecified atom stereocenters. The number of nitrogens with zero attached hydrogens (tertiary/aromatic N) is 5. The number of aromatic amines is 1. The summed E-state index contributed by atoms with van der Waals surface area (Å²) >= 11 is 0. The maximum atomic E-state index is 12.5. The molecule has 11 heteroatoms. The van der Waals surface area contributed by atoms with Crippen LogP contribution in [0.2, 0.25) is 0 Å². The normalized spacial score (nSPS) is 26.9. The van der Waals surface area contributed by atoms with Crippen LogP contribution in [0, 0.1) is 11.8 Å². The number of pyridine rings is 2. The van der Waals surface area contributed by atoms with Gasteiger partial charge < -0.3 is 43.5 Å². The SMILES string of the molecule is COc1ccc(COc2cc(N3CCO[C@H](C)C3)cc(N3[C@@H]4CC[C@@H](C4)[C@@H]3Cc3ccccc3)n2)cc1.C[C@@H]1CN(c2cc(N3[C@@H]4CC[C@@H](C4)[C@@H]3Cc3ccccc3)[nH]c(=O)c2)CCO1. The molecule has 0 radical (unpaired) electrons. The average molecular weight is 879 g/mol. The number of aromatic nitrogens is 2. The van der Waals surface area contributed by atoms with Crippen molar-refractivity contribution in [2.75, 3.05) is 66.1 Å². The Morgan fingerprint density at radius 2 is 1.23 bits per heavy atom. The lowest BCUT2D eigenvalue weighted by atomic mass is 9.92. The lowest BCUT2D eigenvalue weighted by Gasteiger charge is -2.38. The number of anilines is 4. The highest BCUT2D eigenvalue weighted by molar-refractivity contribution is 5.61. The summed E-state index contributed by atoms with van der Waals surface area (Å²) < 4.78 is 23.1. The van der Waals surface area contributed by atoms with E-state index in [1.54, 1.807) is 13.2 Å². The molecule has 2 saturated carbocycles. The van der Waals surface area contributed by atoms with E-state index in [4.69, 9.17) is 23.9 Å². The predicted octanol–water partition coefficient (Wildman–Crippen LogP) is 8.69. The van der Waals surface area contributed by atoms with Gasteiger partial charge in [0.25, 0.3) is 5.56 Å². The second-order valence-corrected chi connectivity index (χ2v) is 19.3. The summed E-state index contributed by atoms with van der Waals surface area (Å²) in [4.78, 5) is 30.6. The smallest absolute Gasteiger partial charge is 0.251 e. The first-order valence-corrected chi connectivity index (χ1v) is 24.2. The van der Waals surface area contributed by atoms with E-state index in [-0.39, 0.29) is 17.8 Å². The molecule has 0 amide bonds. The highest BCUT2D eigenvalue weighted by atomic mass is 16.5. The van der Waals surface area contributed by atoms with Crippen molar-refractivity contribution in [3.05, 3.63) is 136 Å². The van der Waals surface area contributed by atoms with Gasteiger partial charge in [-0.15, -0.1) is 0 Å². The fraction of sp³-hybridized carbons (Fsp3) is 0.481. The van der Waals surface area contributed by atoms with Crippen LogP contribution in [0.5, 0.6) is 11.6 Å². The van der Waals surface area contributed by atoms with Crippen LogP contribution in [0.1, 0.15) is 69.1 Å². The lowest BCUT2D eigenvalue weighted by molar-refractivity contribution is 0.0530. The summed E-state index contributed by atoms with van der Waals surface area (Å²) in [6, 6.07) is 40.1. The number of benzene rings is 3. The van der Waals surface area contributed by atoms with E-state index in [0.29, 0.717) is 43.3 Å². The van der Waals surface area contributed by atoms with E-state index in [9.17, 15) is 4.79 Å². The van der Waals surface area contributed by atoms with Gasteiger partial charge in [0, 0.05) is 86.0 Å². The highest BCUT2D eigenvalue weighted by Gasteiger charge is 2.47. The van der Waals surface area contributed by atoms with E-state index >= 15 is 0 Å². The summed E-state index contributed by atoms with van der Waals surface area (Å²) in [7, 11) is 1.69. The van der Waals surface area contributed by atoms with Crippen molar-refractivity contribution in [1.82, 2.24) is 9.97 Å². The van der Waals surface area contributed by atoms with Gasteiger partial charge in [0.1, 0.15) is 24.0 Å². The minimum absolute atomic E-state index is 0.00659. The van der Waals surface area contributed by atoms with E-state index < -0.39 is 0 Å². The third-order valence-corrected chi connectivity index (χ3v) is 14.9. The zero-order chi connectivity index (χ0) is 44.3. The average Bonchev–Trinajstić information content (AvgIpc) is 4.15. The van der Waals surface area contributed by atoms with E-state index in [0.717, 1.165) is 86.1 Å². The molecular weight excluding hydrogens is 813 g/mol. The molecule has 5 aromatic rings. The fourth-order valence-corrected chi connectivity index (χ4v) is 11.8. The Morgan fingerprint density at radius 1 is 0.662 bits per heavy atom. The Bertz CT molecular complexity index is 2400. The first-order valence-electron chi connectivity index (χ1n) is 24.2. The standard InChI is InChI=1S/C31H37N3O3.C23H29N3O2/c1-22-20-33(14-15-36-22)27-18-30(32-31(19-27)37-21-24-8-12-28(35-2)13-9-24)34-26-11-10-25(17-26)29(34)16-23-6-4-3-5-7-23;1-16-15-25(9-10-28-16)20-13-22(24-23(27)14-20)26-19-8-7-18(12-19)21(26)11-17-5-3-2-4-6-17/h3-9,12-13,18-19,22,25-26,29H,10-11,14-17,20-21H2,1-2H3;2-6,13-14,16,18-19,21H,7-12,15H2,1H3,(H,24,27)/t22-,25+,26-,29+;16-,18+,19-,21+/m11/s1. The van der Waals surface area contributed by atoms with Gasteiger partial charge in [0.15, 0.2) is 0 Å². The van der Waals surface area contributed by atoms with Crippen LogP contribution in [0.15, 0.2) is 114 Å². The minimum atomic E-state index is -0.00659. The van der Waals surface area contributed by atoms with Crippen molar-refractivity contribution in [3.8, 4) is 11.6 Å². The van der Waals surface area contributed by atoms with Crippen LogP contribution in [0.4, 0.5) is 23.0 Å². The number of rotatable bonds is 12. The number of hydrogen-bond donors (Lipinski definition) is 1.